The van der Waals surface area contributed by atoms with E-state index >= 15 is 0 Å². The van der Waals surface area contributed by atoms with Gasteiger partial charge in [-0.05, 0) is 60.7 Å². The summed E-state index contributed by atoms with van der Waals surface area (Å²) in [5.74, 6) is -0.434. The lowest BCUT2D eigenvalue weighted by atomic mass is 10.2. The number of carbonyl (C=O) groups is 2. The first-order chi connectivity index (χ1) is 15.3. The first-order valence-electron chi connectivity index (χ1n) is 9.56. The minimum Gasteiger partial charge on any atom is -0.484 e. The van der Waals surface area contributed by atoms with Crippen LogP contribution in [0.15, 0.2) is 83.8 Å². The number of nitrogens with one attached hydrogen (secondary N) is 1. The minimum absolute atomic E-state index is 0.194. The number of amides is 1. The van der Waals surface area contributed by atoms with Gasteiger partial charge in [0.2, 0.25) is 0 Å². The summed E-state index contributed by atoms with van der Waals surface area (Å²) in [7, 11) is -0.913. The van der Waals surface area contributed by atoms with Crippen molar-refractivity contribution in [1.29, 1.82) is 0 Å². The first kappa shape index (κ1) is 22.8. The van der Waals surface area contributed by atoms with Gasteiger partial charge in [-0.15, -0.1) is 0 Å². The smallest absolute Gasteiger partial charge is 0.337 e. The molecule has 0 aliphatic rings. The maximum atomic E-state index is 12.7. The molecule has 0 heterocycles. The molecule has 0 atom stereocenters. The summed E-state index contributed by atoms with van der Waals surface area (Å²) in [6, 6.07) is 20.8. The van der Waals surface area contributed by atoms with Crippen molar-refractivity contribution in [2.45, 2.75) is 4.90 Å². The van der Waals surface area contributed by atoms with Crippen LogP contribution in [0.1, 0.15) is 10.4 Å². The second-order valence-electron chi connectivity index (χ2n) is 6.69. The molecule has 3 aromatic carbocycles. The molecule has 0 saturated heterocycles. The van der Waals surface area contributed by atoms with Gasteiger partial charge in [0.15, 0.2) is 6.61 Å². The van der Waals surface area contributed by atoms with Crippen LogP contribution in [0.2, 0.25) is 0 Å². The summed E-state index contributed by atoms with van der Waals surface area (Å²) >= 11 is 0. The Hall–Kier alpha value is -3.85. The van der Waals surface area contributed by atoms with E-state index in [-0.39, 0.29) is 17.4 Å². The zero-order valence-electron chi connectivity index (χ0n) is 17.5. The molecule has 0 saturated carbocycles. The van der Waals surface area contributed by atoms with Crippen LogP contribution >= 0.6 is 0 Å². The van der Waals surface area contributed by atoms with E-state index < -0.39 is 16.0 Å². The average molecular weight is 455 g/mol. The number of nitrogens with zero attached hydrogens (tertiary/aromatic N) is 1. The van der Waals surface area contributed by atoms with Crippen molar-refractivity contribution in [1.82, 2.24) is 0 Å². The molecule has 1 amide bonds. The van der Waals surface area contributed by atoms with Crippen molar-refractivity contribution in [3.8, 4) is 5.75 Å². The number of carbonyl (C=O) groups excluding carboxylic acids is 2. The third-order valence-corrected chi connectivity index (χ3v) is 6.36. The molecule has 0 aliphatic carbocycles. The lowest BCUT2D eigenvalue weighted by molar-refractivity contribution is -0.118. The van der Waals surface area contributed by atoms with Gasteiger partial charge in [0.1, 0.15) is 5.75 Å². The SMILES string of the molecule is COC(=O)c1ccc(NC(=O)COc2ccc(N(C)S(=O)(=O)c3ccccc3)cc2)cc1. The monoisotopic (exact) mass is 454 g/mol. The Bertz CT molecular complexity index is 1180. The van der Waals surface area contributed by atoms with Gasteiger partial charge < -0.3 is 14.8 Å². The minimum atomic E-state index is -3.68. The van der Waals surface area contributed by atoms with Gasteiger partial charge in [-0.2, -0.15) is 0 Å². The summed E-state index contributed by atoms with van der Waals surface area (Å²) in [4.78, 5) is 23.7. The summed E-state index contributed by atoms with van der Waals surface area (Å²) in [6.07, 6.45) is 0. The van der Waals surface area contributed by atoms with Crippen molar-refractivity contribution in [3.05, 3.63) is 84.4 Å². The molecule has 0 aromatic heterocycles. The van der Waals surface area contributed by atoms with Crippen LogP contribution < -0.4 is 14.4 Å². The molecule has 0 radical (unpaired) electrons. The van der Waals surface area contributed by atoms with Gasteiger partial charge in [-0.25, -0.2) is 13.2 Å². The summed E-state index contributed by atoms with van der Waals surface area (Å²) in [5, 5.41) is 2.66. The number of methoxy groups -OCH3 is 1. The maximum absolute atomic E-state index is 12.7. The Labute approximate surface area is 186 Å². The summed E-state index contributed by atoms with van der Waals surface area (Å²) < 4.78 is 36.7. The van der Waals surface area contributed by atoms with Crippen LogP contribution in [0.5, 0.6) is 5.75 Å². The number of rotatable bonds is 8. The fourth-order valence-corrected chi connectivity index (χ4v) is 4.01. The van der Waals surface area contributed by atoms with Crippen LogP contribution in [-0.2, 0) is 19.6 Å². The largest absolute Gasteiger partial charge is 0.484 e. The zero-order valence-corrected chi connectivity index (χ0v) is 18.3. The lowest BCUT2D eigenvalue weighted by Crippen LogP contribution is -2.26. The number of esters is 1. The van der Waals surface area contributed by atoms with Gasteiger partial charge in [0.05, 0.1) is 23.3 Å². The molecule has 0 bridgehead atoms. The van der Waals surface area contributed by atoms with Gasteiger partial charge in [-0.3, -0.25) is 9.10 Å². The van der Waals surface area contributed by atoms with E-state index in [0.29, 0.717) is 22.7 Å². The highest BCUT2D eigenvalue weighted by atomic mass is 32.2. The van der Waals surface area contributed by atoms with Gasteiger partial charge in [0, 0.05) is 12.7 Å². The van der Waals surface area contributed by atoms with E-state index in [1.165, 1.54) is 30.6 Å². The quantitative estimate of drug-likeness (QED) is 0.524. The predicted molar refractivity (Wildman–Crippen MR) is 120 cm³/mol. The molecule has 166 valence electrons. The van der Waals surface area contributed by atoms with Crippen molar-refractivity contribution in [2.24, 2.45) is 0 Å². The number of anilines is 2. The van der Waals surface area contributed by atoms with Crippen LogP contribution in [-0.4, -0.2) is 41.1 Å². The molecule has 9 heteroatoms. The highest BCUT2D eigenvalue weighted by Crippen LogP contribution is 2.24. The zero-order chi connectivity index (χ0) is 23.1. The van der Waals surface area contributed by atoms with Gasteiger partial charge in [-0.1, -0.05) is 18.2 Å². The van der Waals surface area contributed by atoms with Crippen molar-refractivity contribution >= 4 is 33.3 Å². The Balaban J connectivity index is 1.56. The van der Waals surface area contributed by atoms with Gasteiger partial charge >= 0.3 is 5.97 Å². The second-order valence-corrected chi connectivity index (χ2v) is 8.65. The van der Waals surface area contributed by atoms with E-state index in [4.69, 9.17) is 4.74 Å². The molecular formula is C23H22N2O6S. The van der Waals surface area contributed by atoms with Crippen LogP contribution in [0.3, 0.4) is 0 Å². The van der Waals surface area contributed by atoms with Gasteiger partial charge in [0.25, 0.3) is 15.9 Å². The highest BCUT2D eigenvalue weighted by Gasteiger charge is 2.20. The molecule has 0 fully saturated rings. The molecule has 0 spiro atoms. The lowest BCUT2D eigenvalue weighted by Gasteiger charge is -2.19. The Morgan fingerprint density at radius 2 is 1.53 bits per heavy atom. The van der Waals surface area contributed by atoms with Crippen LogP contribution in [0.4, 0.5) is 11.4 Å². The van der Waals surface area contributed by atoms with Crippen LogP contribution in [0.25, 0.3) is 0 Å². The number of hydrogen-bond acceptors (Lipinski definition) is 6. The average Bonchev–Trinajstić information content (AvgIpc) is 2.83. The van der Waals surface area contributed by atoms with Crippen LogP contribution in [0, 0.1) is 0 Å². The number of sulfonamides is 1. The van der Waals surface area contributed by atoms with E-state index in [9.17, 15) is 18.0 Å². The van der Waals surface area contributed by atoms with E-state index in [1.807, 2.05) is 0 Å². The van der Waals surface area contributed by atoms with Crippen molar-refractivity contribution in [2.75, 3.05) is 30.4 Å². The molecule has 32 heavy (non-hydrogen) atoms. The Morgan fingerprint density at radius 3 is 2.12 bits per heavy atom. The normalized spacial score (nSPS) is 10.8. The molecule has 0 unspecified atom stereocenters. The molecule has 3 rings (SSSR count). The molecule has 1 N–H and O–H groups in total. The fraction of sp³-hybridized carbons (Fsp3) is 0.130. The van der Waals surface area contributed by atoms with Crippen molar-refractivity contribution in [3.63, 3.8) is 0 Å². The Kier molecular flexibility index (Phi) is 7.11. The highest BCUT2D eigenvalue weighted by molar-refractivity contribution is 7.92. The summed E-state index contributed by atoms with van der Waals surface area (Å²) in [6.45, 7) is -0.240. The molecule has 8 nitrogen and oxygen atoms in total. The predicted octanol–water partition coefficient (Wildman–Crippen LogP) is 3.32. The third-order valence-electron chi connectivity index (χ3n) is 4.56. The molecular weight excluding hydrogens is 432 g/mol. The third kappa shape index (κ3) is 5.44. The van der Waals surface area contributed by atoms with E-state index in [1.54, 1.807) is 66.7 Å². The summed E-state index contributed by atoms with van der Waals surface area (Å²) in [5.41, 5.74) is 1.34. The second kappa shape index (κ2) is 9.97. The van der Waals surface area contributed by atoms with E-state index in [2.05, 4.69) is 10.1 Å². The van der Waals surface area contributed by atoms with E-state index in [0.717, 1.165) is 0 Å². The topological polar surface area (TPSA) is 102 Å². The fourth-order valence-electron chi connectivity index (χ4n) is 2.80. The molecule has 3 aromatic rings. The maximum Gasteiger partial charge on any atom is 0.337 e. The standard InChI is InChI=1S/C23H22N2O6S/c1-25(32(28,29)21-6-4-3-5-7-21)19-12-14-20(15-13-19)31-16-22(26)24-18-10-8-17(9-11-18)23(27)30-2/h3-15H,16H2,1-2H3,(H,24,26). The number of hydrogen-bond donors (Lipinski definition) is 1. The molecule has 0 aliphatic heterocycles. The number of ether oxygens (including phenoxy) is 2. The number of benzene rings is 3. The van der Waals surface area contributed by atoms with Crippen molar-refractivity contribution < 1.29 is 27.5 Å². The first-order valence-corrected chi connectivity index (χ1v) is 11.0. The Morgan fingerprint density at radius 1 is 0.906 bits per heavy atom.